The Morgan fingerprint density at radius 2 is 1.34 bits per heavy atom. The first-order valence-corrected chi connectivity index (χ1v) is 12.1. The van der Waals surface area contributed by atoms with Crippen molar-refractivity contribution in [1.82, 2.24) is 14.8 Å². The van der Waals surface area contributed by atoms with Crippen LogP contribution in [-0.4, -0.2) is 26.5 Å². The molecule has 0 amide bonds. The van der Waals surface area contributed by atoms with Crippen molar-refractivity contribution in [2.45, 2.75) is 6.10 Å². The summed E-state index contributed by atoms with van der Waals surface area (Å²) in [5, 5.41) is 5.80. The minimum Gasteiger partial charge on any atom is -0.444 e. The molecule has 1 atom stereocenters. The molecule has 0 fully saturated rings. The van der Waals surface area contributed by atoms with E-state index in [9.17, 15) is 14.4 Å². The molecular weight excluding hydrogens is 478 g/mol. The maximum atomic E-state index is 13.8. The third-order valence-corrected chi connectivity index (χ3v) is 6.42. The Morgan fingerprint density at radius 3 is 2.08 bits per heavy atom. The van der Waals surface area contributed by atoms with Gasteiger partial charge >= 0.3 is 5.97 Å². The summed E-state index contributed by atoms with van der Waals surface area (Å²) in [6, 6.07) is 31.9. The van der Waals surface area contributed by atoms with Gasteiger partial charge in [0.1, 0.15) is 0 Å². The fourth-order valence-electron chi connectivity index (χ4n) is 4.56. The topological polar surface area (TPSA) is 94.1 Å². The second-order valence-electron chi connectivity index (χ2n) is 8.75. The van der Waals surface area contributed by atoms with E-state index in [1.165, 1.54) is 4.68 Å². The lowest BCUT2D eigenvalue weighted by Gasteiger charge is -2.18. The number of aromatic nitrogens is 3. The first-order valence-electron chi connectivity index (χ1n) is 12.1. The van der Waals surface area contributed by atoms with E-state index in [-0.39, 0.29) is 17.0 Å². The van der Waals surface area contributed by atoms with Crippen LogP contribution in [0.15, 0.2) is 120 Å². The van der Waals surface area contributed by atoms with Crippen LogP contribution in [0.5, 0.6) is 0 Å². The van der Waals surface area contributed by atoms with E-state index < -0.39 is 12.1 Å². The van der Waals surface area contributed by atoms with Crippen LogP contribution in [0.25, 0.3) is 27.4 Å². The number of para-hydroxylation sites is 2. The molecule has 0 spiro atoms. The van der Waals surface area contributed by atoms with Gasteiger partial charge in [-0.25, -0.2) is 4.79 Å². The standard InChI is InChI=1S/C31H21N3O4/c35-28(25-19-32-26-18-10-9-15-22(25)26)29(20-11-3-1-4-12-20)38-31(37)27-23-16-7-8-17-24(23)30(36)34(33-27)21-13-5-2-6-14-21/h1-19,29,32H/t29-/m1/s1. The van der Waals surface area contributed by atoms with Gasteiger partial charge in [0.15, 0.2) is 11.8 Å². The molecule has 2 aromatic heterocycles. The SMILES string of the molecule is O=C(O[C@@H](C(=O)c1c[nH]c2ccccc12)c1ccccc1)c1nn(-c2ccccc2)c(=O)c2ccccc12. The molecule has 0 aliphatic heterocycles. The molecule has 184 valence electrons. The Hall–Kier alpha value is -5.30. The number of ketones is 1. The van der Waals surface area contributed by atoms with Crippen LogP contribution in [0.1, 0.15) is 32.5 Å². The van der Waals surface area contributed by atoms with E-state index in [4.69, 9.17) is 4.74 Å². The average molecular weight is 500 g/mol. The highest BCUT2D eigenvalue weighted by Crippen LogP contribution is 2.28. The summed E-state index contributed by atoms with van der Waals surface area (Å²) in [6.07, 6.45) is 0.403. The molecule has 2 heterocycles. The summed E-state index contributed by atoms with van der Waals surface area (Å²) in [5.41, 5.74) is 1.82. The van der Waals surface area contributed by atoms with Gasteiger partial charge in [-0.2, -0.15) is 9.78 Å². The largest absolute Gasteiger partial charge is 0.444 e. The van der Waals surface area contributed by atoms with Gasteiger partial charge in [0.25, 0.3) is 5.56 Å². The van der Waals surface area contributed by atoms with Crippen LogP contribution >= 0.6 is 0 Å². The molecule has 0 unspecified atom stereocenters. The number of benzene rings is 4. The highest BCUT2D eigenvalue weighted by atomic mass is 16.5. The molecule has 0 bridgehead atoms. The second kappa shape index (κ2) is 9.63. The molecular formula is C31H21N3O4. The number of nitrogens with zero attached hydrogens (tertiary/aromatic N) is 2. The summed E-state index contributed by atoms with van der Waals surface area (Å²) in [4.78, 5) is 43.9. The summed E-state index contributed by atoms with van der Waals surface area (Å²) in [5.74, 6) is -1.18. The van der Waals surface area contributed by atoms with Gasteiger partial charge in [-0.05, 0) is 24.3 Å². The van der Waals surface area contributed by atoms with Crippen molar-refractivity contribution >= 4 is 33.4 Å². The van der Waals surface area contributed by atoms with Gasteiger partial charge < -0.3 is 9.72 Å². The molecule has 1 N–H and O–H groups in total. The molecule has 7 heteroatoms. The van der Waals surface area contributed by atoms with Crippen LogP contribution in [0.4, 0.5) is 0 Å². The number of rotatable bonds is 6. The molecule has 0 aliphatic rings. The predicted molar refractivity (Wildman–Crippen MR) is 145 cm³/mol. The summed E-state index contributed by atoms with van der Waals surface area (Å²) in [6.45, 7) is 0. The smallest absolute Gasteiger partial charge is 0.360 e. The number of fused-ring (bicyclic) bond motifs is 2. The van der Waals surface area contributed by atoms with Gasteiger partial charge in [0.05, 0.1) is 11.1 Å². The van der Waals surface area contributed by atoms with Gasteiger partial charge in [-0.15, -0.1) is 0 Å². The lowest BCUT2D eigenvalue weighted by Crippen LogP contribution is -2.27. The van der Waals surface area contributed by atoms with E-state index in [2.05, 4.69) is 10.1 Å². The minimum atomic E-state index is -1.22. The van der Waals surface area contributed by atoms with Crippen LogP contribution in [-0.2, 0) is 4.74 Å². The van der Waals surface area contributed by atoms with Crippen LogP contribution < -0.4 is 5.56 Å². The quantitative estimate of drug-likeness (QED) is 0.236. The molecule has 0 saturated carbocycles. The van der Waals surface area contributed by atoms with Crippen molar-refractivity contribution in [3.63, 3.8) is 0 Å². The molecule has 0 saturated heterocycles. The van der Waals surface area contributed by atoms with Crippen molar-refractivity contribution in [2.24, 2.45) is 0 Å². The third-order valence-electron chi connectivity index (χ3n) is 6.42. The number of hydrogen-bond donors (Lipinski definition) is 1. The van der Waals surface area contributed by atoms with Gasteiger partial charge in [-0.1, -0.05) is 84.9 Å². The number of aromatic amines is 1. The van der Waals surface area contributed by atoms with Crippen LogP contribution in [0.2, 0.25) is 0 Å². The fraction of sp³-hybridized carbons (Fsp3) is 0.0323. The van der Waals surface area contributed by atoms with Crippen LogP contribution in [0, 0.1) is 0 Å². The Bertz CT molecular complexity index is 1860. The molecule has 38 heavy (non-hydrogen) atoms. The lowest BCUT2D eigenvalue weighted by molar-refractivity contribution is 0.0275. The van der Waals surface area contributed by atoms with E-state index in [0.717, 1.165) is 10.9 Å². The normalized spacial score (nSPS) is 11.9. The number of hydrogen-bond acceptors (Lipinski definition) is 5. The second-order valence-corrected chi connectivity index (χ2v) is 8.75. The van der Waals surface area contributed by atoms with Crippen molar-refractivity contribution in [3.8, 4) is 5.69 Å². The molecule has 7 nitrogen and oxygen atoms in total. The maximum absolute atomic E-state index is 13.8. The maximum Gasteiger partial charge on any atom is 0.360 e. The fourth-order valence-corrected chi connectivity index (χ4v) is 4.56. The average Bonchev–Trinajstić information content (AvgIpc) is 3.41. The summed E-state index contributed by atoms with van der Waals surface area (Å²) < 4.78 is 7.09. The monoisotopic (exact) mass is 499 g/mol. The third kappa shape index (κ3) is 4.06. The van der Waals surface area contributed by atoms with E-state index in [1.807, 2.05) is 36.4 Å². The number of ether oxygens (including phenoxy) is 1. The van der Waals surface area contributed by atoms with Crippen molar-refractivity contribution in [1.29, 1.82) is 0 Å². The summed E-state index contributed by atoms with van der Waals surface area (Å²) in [7, 11) is 0. The lowest BCUT2D eigenvalue weighted by atomic mass is 9.99. The zero-order valence-electron chi connectivity index (χ0n) is 20.1. The number of H-pyrrole nitrogens is 1. The van der Waals surface area contributed by atoms with Gasteiger partial charge in [0, 0.05) is 33.6 Å². The Morgan fingerprint density at radius 1 is 0.737 bits per heavy atom. The zero-order chi connectivity index (χ0) is 26.1. The Balaban J connectivity index is 1.46. The Kier molecular flexibility index (Phi) is 5.86. The number of nitrogens with one attached hydrogen (secondary N) is 1. The molecule has 6 rings (SSSR count). The van der Waals surface area contributed by atoms with Crippen molar-refractivity contribution < 1.29 is 14.3 Å². The molecule has 6 aromatic rings. The number of carbonyl (C=O) groups is 2. The first kappa shape index (κ1) is 23.1. The number of Topliss-reactive ketones (excluding diaryl/α,β-unsaturated/α-hetero) is 1. The highest BCUT2D eigenvalue weighted by Gasteiger charge is 2.30. The van der Waals surface area contributed by atoms with E-state index in [1.54, 1.807) is 79.0 Å². The van der Waals surface area contributed by atoms with Crippen molar-refractivity contribution in [2.75, 3.05) is 0 Å². The van der Waals surface area contributed by atoms with E-state index >= 15 is 0 Å². The molecule has 0 aliphatic carbocycles. The zero-order valence-corrected chi connectivity index (χ0v) is 20.1. The predicted octanol–water partition coefficient (Wildman–Crippen LogP) is 5.65. The van der Waals surface area contributed by atoms with Gasteiger partial charge in [-0.3, -0.25) is 9.59 Å². The van der Waals surface area contributed by atoms with Gasteiger partial charge in [0.2, 0.25) is 5.78 Å². The molecule has 0 radical (unpaired) electrons. The molecule has 4 aromatic carbocycles. The number of carbonyl (C=O) groups excluding carboxylic acids is 2. The Labute approximate surface area is 216 Å². The summed E-state index contributed by atoms with van der Waals surface area (Å²) >= 11 is 0. The van der Waals surface area contributed by atoms with E-state index in [0.29, 0.717) is 27.6 Å². The van der Waals surface area contributed by atoms with Crippen LogP contribution in [0.3, 0.4) is 0 Å². The highest BCUT2D eigenvalue weighted by molar-refractivity contribution is 6.11. The first-order chi connectivity index (χ1) is 18.6. The minimum absolute atomic E-state index is 0.0586. The van der Waals surface area contributed by atoms with Crippen molar-refractivity contribution in [3.05, 3.63) is 143 Å². The number of esters is 1.